The summed E-state index contributed by atoms with van der Waals surface area (Å²) in [6.45, 7) is 2.42. The van der Waals surface area contributed by atoms with Crippen LogP contribution in [0.1, 0.15) is 5.56 Å². The molecule has 0 aliphatic rings. The van der Waals surface area contributed by atoms with Gasteiger partial charge in [-0.15, -0.1) is 11.3 Å². The molecule has 0 aliphatic carbocycles. The number of aryl methyl sites for hydroxylation is 1. The molecule has 0 bridgehead atoms. The zero-order valence-corrected chi connectivity index (χ0v) is 8.52. The van der Waals surface area contributed by atoms with Crippen LogP contribution in [0.4, 0.5) is 5.69 Å². The van der Waals surface area contributed by atoms with Crippen LogP contribution in [-0.2, 0) is 4.74 Å². The predicted octanol–water partition coefficient (Wildman–Crippen LogP) is 2.01. The Balaban J connectivity index is 2.57. The van der Waals surface area contributed by atoms with Crippen molar-refractivity contribution >= 4 is 17.0 Å². The van der Waals surface area contributed by atoms with Gasteiger partial charge in [-0.1, -0.05) is 0 Å². The smallest absolute Gasteiger partial charge is 0.138 e. The van der Waals surface area contributed by atoms with Gasteiger partial charge in [0.05, 0.1) is 12.7 Å². The molecule has 0 aromatic carbocycles. The molecule has 1 atom stereocenters. The minimum Gasteiger partial charge on any atom is -0.381 e. The first-order chi connectivity index (χ1) is 6.27. The second kappa shape index (κ2) is 4.85. The number of anilines is 1. The van der Waals surface area contributed by atoms with E-state index in [1.807, 2.05) is 17.7 Å². The van der Waals surface area contributed by atoms with Crippen molar-refractivity contribution in [2.75, 3.05) is 19.0 Å². The number of nitriles is 1. The van der Waals surface area contributed by atoms with Crippen LogP contribution < -0.4 is 5.32 Å². The summed E-state index contributed by atoms with van der Waals surface area (Å²) in [6, 6.07) is 1.87. The summed E-state index contributed by atoms with van der Waals surface area (Å²) < 4.78 is 4.90. The summed E-state index contributed by atoms with van der Waals surface area (Å²) in [7, 11) is 1.59. The maximum Gasteiger partial charge on any atom is 0.138 e. The van der Waals surface area contributed by atoms with Crippen molar-refractivity contribution in [3.63, 3.8) is 0 Å². The van der Waals surface area contributed by atoms with Crippen molar-refractivity contribution in [1.29, 1.82) is 5.26 Å². The quantitative estimate of drug-likeness (QED) is 0.801. The Morgan fingerprint density at radius 3 is 2.92 bits per heavy atom. The molecule has 1 rings (SSSR count). The van der Waals surface area contributed by atoms with Gasteiger partial charge in [-0.2, -0.15) is 5.26 Å². The molecule has 0 spiro atoms. The molecule has 1 unspecified atom stereocenters. The second-order valence-corrected chi connectivity index (χ2v) is 3.49. The van der Waals surface area contributed by atoms with Crippen molar-refractivity contribution in [1.82, 2.24) is 0 Å². The Morgan fingerprint density at radius 2 is 2.46 bits per heavy atom. The highest BCUT2D eigenvalue weighted by Crippen LogP contribution is 2.19. The standard InChI is InChI=1S/C9H12N2OS/c1-7-5-13-6-9(7)11-8(3-10)4-12-2/h5-6,8,11H,4H2,1-2H3. The summed E-state index contributed by atoms with van der Waals surface area (Å²) in [4.78, 5) is 0. The monoisotopic (exact) mass is 196 g/mol. The van der Waals surface area contributed by atoms with E-state index >= 15 is 0 Å². The molecule has 0 amide bonds. The van der Waals surface area contributed by atoms with Gasteiger partial charge in [-0.25, -0.2) is 0 Å². The van der Waals surface area contributed by atoms with Crippen molar-refractivity contribution in [3.05, 3.63) is 16.3 Å². The third kappa shape index (κ3) is 2.72. The molecule has 0 saturated carbocycles. The van der Waals surface area contributed by atoms with Gasteiger partial charge >= 0.3 is 0 Å². The minimum absolute atomic E-state index is 0.265. The van der Waals surface area contributed by atoms with Gasteiger partial charge in [-0.05, 0) is 17.9 Å². The van der Waals surface area contributed by atoms with E-state index in [2.05, 4.69) is 11.4 Å². The number of nitrogens with zero attached hydrogens (tertiary/aromatic N) is 1. The molecule has 0 saturated heterocycles. The molecule has 1 N–H and O–H groups in total. The first-order valence-corrected chi connectivity index (χ1v) is 4.90. The summed E-state index contributed by atoms with van der Waals surface area (Å²) in [5.74, 6) is 0. The molecular formula is C9H12N2OS. The van der Waals surface area contributed by atoms with Crippen molar-refractivity contribution in [2.45, 2.75) is 13.0 Å². The lowest BCUT2D eigenvalue weighted by Gasteiger charge is -2.10. The van der Waals surface area contributed by atoms with Crippen LogP contribution in [0.15, 0.2) is 10.8 Å². The lowest BCUT2D eigenvalue weighted by Crippen LogP contribution is -2.22. The van der Waals surface area contributed by atoms with Crippen molar-refractivity contribution in [3.8, 4) is 6.07 Å². The fraction of sp³-hybridized carbons (Fsp3) is 0.444. The summed E-state index contributed by atoms with van der Waals surface area (Å²) in [6.07, 6.45) is 0. The number of rotatable bonds is 4. The SMILES string of the molecule is COCC(C#N)Nc1cscc1C. The number of hydrogen-bond acceptors (Lipinski definition) is 4. The van der Waals surface area contributed by atoms with Crippen LogP contribution in [0.25, 0.3) is 0 Å². The number of ether oxygens (including phenoxy) is 1. The Kier molecular flexibility index (Phi) is 3.74. The maximum atomic E-state index is 8.76. The molecule has 1 heterocycles. The molecule has 0 fully saturated rings. The molecule has 0 aliphatic heterocycles. The summed E-state index contributed by atoms with van der Waals surface area (Å²) in [5.41, 5.74) is 2.19. The van der Waals surface area contributed by atoms with Gasteiger partial charge in [0.25, 0.3) is 0 Å². The van der Waals surface area contributed by atoms with Crippen LogP contribution in [-0.4, -0.2) is 19.8 Å². The molecule has 13 heavy (non-hydrogen) atoms. The second-order valence-electron chi connectivity index (χ2n) is 2.75. The van der Waals surface area contributed by atoms with Crippen LogP contribution in [0.3, 0.4) is 0 Å². The molecular weight excluding hydrogens is 184 g/mol. The highest BCUT2D eigenvalue weighted by atomic mass is 32.1. The lowest BCUT2D eigenvalue weighted by atomic mass is 10.3. The normalized spacial score (nSPS) is 12.1. The lowest BCUT2D eigenvalue weighted by molar-refractivity contribution is 0.198. The van der Waals surface area contributed by atoms with Gasteiger partial charge in [0, 0.05) is 18.2 Å². The number of methoxy groups -OCH3 is 1. The van der Waals surface area contributed by atoms with E-state index in [-0.39, 0.29) is 6.04 Å². The zero-order chi connectivity index (χ0) is 9.68. The topological polar surface area (TPSA) is 45.0 Å². The average Bonchev–Trinajstić information content (AvgIpc) is 2.51. The molecule has 4 heteroatoms. The van der Waals surface area contributed by atoms with Crippen LogP contribution in [0, 0.1) is 18.3 Å². The van der Waals surface area contributed by atoms with Gasteiger partial charge in [0.15, 0.2) is 0 Å². The maximum absolute atomic E-state index is 8.76. The van der Waals surface area contributed by atoms with E-state index in [1.165, 1.54) is 5.56 Å². The summed E-state index contributed by atoms with van der Waals surface area (Å²) >= 11 is 1.62. The number of hydrogen-bond donors (Lipinski definition) is 1. The van der Waals surface area contributed by atoms with E-state index in [1.54, 1.807) is 18.4 Å². The van der Waals surface area contributed by atoms with E-state index in [0.717, 1.165) is 5.69 Å². The fourth-order valence-corrected chi connectivity index (χ4v) is 1.76. The third-order valence-corrected chi connectivity index (χ3v) is 2.54. The zero-order valence-electron chi connectivity index (χ0n) is 7.70. The third-order valence-electron chi connectivity index (χ3n) is 1.67. The highest BCUT2D eigenvalue weighted by molar-refractivity contribution is 7.08. The number of nitrogens with one attached hydrogen (secondary N) is 1. The van der Waals surface area contributed by atoms with Gasteiger partial charge in [0.1, 0.15) is 6.04 Å². The molecule has 3 nitrogen and oxygen atoms in total. The summed E-state index contributed by atoms with van der Waals surface area (Å²) in [5, 5.41) is 15.9. The first kappa shape index (κ1) is 10.0. The van der Waals surface area contributed by atoms with Crippen LogP contribution in [0.5, 0.6) is 0 Å². The van der Waals surface area contributed by atoms with Crippen molar-refractivity contribution in [2.24, 2.45) is 0 Å². The molecule has 0 radical (unpaired) electrons. The Bertz CT molecular complexity index is 303. The van der Waals surface area contributed by atoms with Crippen LogP contribution in [0.2, 0.25) is 0 Å². The first-order valence-electron chi connectivity index (χ1n) is 3.95. The fourth-order valence-electron chi connectivity index (χ4n) is 0.974. The average molecular weight is 196 g/mol. The minimum atomic E-state index is -0.265. The van der Waals surface area contributed by atoms with Crippen molar-refractivity contribution < 1.29 is 4.74 Å². The van der Waals surface area contributed by atoms with E-state index < -0.39 is 0 Å². The Hall–Kier alpha value is -1.05. The Morgan fingerprint density at radius 1 is 1.69 bits per heavy atom. The van der Waals surface area contributed by atoms with Gasteiger partial charge < -0.3 is 10.1 Å². The largest absolute Gasteiger partial charge is 0.381 e. The van der Waals surface area contributed by atoms with Crippen LogP contribution >= 0.6 is 11.3 Å². The highest BCUT2D eigenvalue weighted by Gasteiger charge is 2.07. The number of thiophene rings is 1. The Labute approximate surface area is 82.0 Å². The molecule has 1 aromatic rings. The van der Waals surface area contributed by atoms with E-state index in [9.17, 15) is 0 Å². The van der Waals surface area contributed by atoms with E-state index in [0.29, 0.717) is 6.61 Å². The predicted molar refractivity (Wildman–Crippen MR) is 54.0 cm³/mol. The van der Waals surface area contributed by atoms with E-state index in [4.69, 9.17) is 10.00 Å². The molecule has 1 aromatic heterocycles. The van der Waals surface area contributed by atoms with Gasteiger partial charge in [0.2, 0.25) is 0 Å². The van der Waals surface area contributed by atoms with Gasteiger partial charge in [-0.3, -0.25) is 0 Å². The molecule has 70 valence electrons.